The zero-order chi connectivity index (χ0) is 11.3. The third-order valence-corrected chi connectivity index (χ3v) is 2.95. The van der Waals surface area contributed by atoms with Crippen molar-refractivity contribution in [3.05, 3.63) is 22.7 Å². The van der Waals surface area contributed by atoms with Crippen LogP contribution in [0.2, 0.25) is 0 Å². The molecule has 82 valence electrons. The van der Waals surface area contributed by atoms with E-state index in [0.717, 1.165) is 0 Å². The van der Waals surface area contributed by atoms with Gasteiger partial charge in [-0.05, 0) is 41.4 Å². The fourth-order valence-electron chi connectivity index (χ4n) is 1.04. The first-order valence-corrected chi connectivity index (χ1v) is 5.30. The Balaban J connectivity index is 2.47. The Labute approximate surface area is 102 Å². The summed E-state index contributed by atoms with van der Waals surface area (Å²) in [4.78, 5) is 0. The summed E-state index contributed by atoms with van der Waals surface area (Å²) in [5.74, 6) is -0.0552. The highest BCUT2D eigenvalue weighted by Crippen LogP contribution is 2.49. The molecule has 0 aliphatic carbocycles. The minimum Gasteiger partial charge on any atom is -0.435 e. The number of ether oxygens (including phenoxy) is 2. The average molecular weight is 320 g/mol. The molecule has 2 atom stereocenters. The molecule has 15 heavy (non-hydrogen) atoms. The van der Waals surface area contributed by atoms with Crippen molar-refractivity contribution in [3.8, 4) is 11.5 Å². The predicted octanol–water partition coefficient (Wildman–Crippen LogP) is 3.94. The maximum absolute atomic E-state index is 13.4. The van der Waals surface area contributed by atoms with Gasteiger partial charge in [-0.15, -0.1) is 0 Å². The van der Waals surface area contributed by atoms with E-state index in [4.69, 9.17) is 23.2 Å². The van der Waals surface area contributed by atoms with E-state index in [0.29, 0.717) is 4.47 Å². The first-order chi connectivity index (χ1) is 6.82. The van der Waals surface area contributed by atoms with Crippen molar-refractivity contribution in [2.24, 2.45) is 0 Å². The number of hydrogen-bond acceptors (Lipinski definition) is 2. The summed E-state index contributed by atoms with van der Waals surface area (Å²) >= 11 is 13.3. The summed E-state index contributed by atoms with van der Waals surface area (Å²) in [5.41, 5.74) is 0. The first kappa shape index (κ1) is 11.2. The molecule has 1 aromatic carbocycles. The highest BCUT2D eigenvalue weighted by atomic mass is 79.9. The van der Waals surface area contributed by atoms with E-state index in [1.165, 1.54) is 12.1 Å². The lowest BCUT2D eigenvalue weighted by atomic mass is 10.3. The number of hydrogen-bond donors (Lipinski definition) is 0. The SMILES string of the molecule is F[C@]1(Cl)Oc2cc(Br)ccc2O[C@@]1(F)Cl. The zero-order valence-corrected chi connectivity index (χ0v) is 10.0. The van der Waals surface area contributed by atoms with Crippen molar-refractivity contribution in [1.82, 2.24) is 0 Å². The second-order valence-corrected chi connectivity index (χ2v) is 4.72. The summed E-state index contributed by atoms with van der Waals surface area (Å²) in [6, 6.07) is 4.33. The molecule has 0 bridgehead atoms. The Morgan fingerprint density at radius 3 is 2.20 bits per heavy atom. The Morgan fingerprint density at radius 1 is 1.07 bits per heavy atom. The van der Waals surface area contributed by atoms with Gasteiger partial charge in [-0.2, -0.15) is 8.78 Å². The normalized spacial score (nSPS) is 33.9. The molecule has 0 unspecified atom stereocenters. The lowest BCUT2D eigenvalue weighted by Gasteiger charge is -2.34. The van der Waals surface area contributed by atoms with Gasteiger partial charge in [0, 0.05) is 4.47 Å². The molecule has 0 saturated heterocycles. The molecule has 2 nitrogen and oxygen atoms in total. The highest BCUT2D eigenvalue weighted by Gasteiger charge is 2.60. The Bertz CT molecular complexity index is 412. The lowest BCUT2D eigenvalue weighted by Crippen LogP contribution is -2.50. The van der Waals surface area contributed by atoms with E-state index in [9.17, 15) is 8.78 Å². The largest absolute Gasteiger partial charge is 0.435 e. The van der Waals surface area contributed by atoms with Crippen molar-refractivity contribution >= 4 is 39.1 Å². The molecule has 1 aliphatic heterocycles. The van der Waals surface area contributed by atoms with Crippen LogP contribution in [0, 0.1) is 0 Å². The van der Waals surface area contributed by atoms with Crippen LogP contribution >= 0.6 is 39.1 Å². The molecule has 0 saturated carbocycles. The third kappa shape index (κ3) is 1.88. The predicted molar refractivity (Wildman–Crippen MR) is 54.8 cm³/mol. The smallest absolute Gasteiger partial charge is 0.414 e. The third-order valence-electron chi connectivity index (χ3n) is 1.72. The van der Waals surface area contributed by atoms with Crippen LogP contribution in [0.4, 0.5) is 8.78 Å². The lowest BCUT2D eigenvalue weighted by molar-refractivity contribution is -0.180. The number of rotatable bonds is 0. The molecule has 0 spiro atoms. The van der Waals surface area contributed by atoms with Crippen molar-refractivity contribution in [2.75, 3.05) is 0 Å². The standard InChI is InChI=1S/C8H3BrCl2F2O2/c9-4-1-2-5-6(3-4)15-8(11,13)7(10,12)14-5/h1-3H/t7-,8+/m1/s1. The van der Waals surface area contributed by atoms with Crippen LogP contribution < -0.4 is 9.47 Å². The average Bonchev–Trinajstić information content (AvgIpc) is 2.07. The Hall–Kier alpha value is -0.260. The zero-order valence-electron chi connectivity index (χ0n) is 6.94. The second-order valence-electron chi connectivity index (χ2n) is 2.83. The fourth-order valence-corrected chi connectivity index (χ4v) is 1.62. The quantitative estimate of drug-likeness (QED) is 0.674. The van der Waals surface area contributed by atoms with E-state index in [2.05, 4.69) is 25.4 Å². The molecule has 0 amide bonds. The molecule has 1 heterocycles. The minimum atomic E-state index is -3.26. The van der Waals surface area contributed by atoms with Gasteiger partial charge in [0.1, 0.15) is 0 Å². The van der Waals surface area contributed by atoms with E-state index < -0.39 is 10.6 Å². The van der Waals surface area contributed by atoms with Gasteiger partial charge in [-0.3, -0.25) is 0 Å². The molecule has 7 heteroatoms. The maximum atomic E-state index is 13.4. The molecule has 1 aliphatic rings. The Kier molecular flexibility index (Phi) is 2.52. The van der Waals surface area contributed by atoms with Crippen molar-refractivity contribution in [3.63, 3.8) is 0 Å². The van der Waals surface area contributed by atoms with Crippen LogP contribution in [0.25, 0.3) is 0 Å². The number of fused-ring (bicyclic) bond motifs is 1. The van der Waals surface area contributed by atoms with E-state index in [-0.39, 0.29) is 11.5 Å². The van der Waals surface area contributed by atoms with Gasteiger partial charge in [-0.25, -0.2) is 0 Å². The fraction of sp³-hybridized carbons (Fsp3) is 0.250. The molecular formula is C8H3BrCl2F2O2. The van der Waals surface area contributed by atoms with Crippen LogP contribution in [-0.2, 0) is 0 Å². The molecule has 0 N–H and O–H groups in total. The maximum Gasteiger partial charge on any atom is 0.414 e. The van der Waals surface area contributed by atoms with Crippen molar-refractivity contribution in [2.45, 2.75) is 10.6 Å². The molecule has 0 radical (unpaired) electrons. The van der Waals surface area contributed by atoms with Crippen molar-refractivity contribution in [1.29, 1.82) is 0 Å². The van der Waals surface area contributed by atoms with E-state index in [1.807, 2.05) is 0 Å². The van der Waals surface area contributed by atoms with Crippen LogP contribution in [0.1, 0.15) is 0 Å². The van der Waals surface area contributed by atoms with Crippen LogP contribution in [0.15, 0.2) is 22.7 Å². The van der Waals surface area contributed by atoms with Gasteiger partial charge in [-0.1, -0.05) is 15.9 Å². The van der Waals surface area contributed by atoms with E-state index in [1.54, 1.807) is 6.07 Å². The molecule has 2 rings (SSSR count). The molecule has 0 aromatic heterocycles. The topological polar surface area (TPSA) is 18.5 Å². The van der Waals surface area contributed by atoms with Gasteiger partial charge >= 0.3 is 10.6 Å². The number of alkyl halides is 4. The number of halogens is 5. The molecular weight excluding hydrogens is 317 g/mol. The highest BCUT2D eigenvalue weighted by molar-refractivity contribution is 9.10. The van der Waals surface area contributed by atoms with Gasteiger partial charge in [0.15, 0.2) is 11.5 Å². The number of benzene rings is 1. The molecule has 0 fully saturated rings. The van der Waals surface area contributed by atoms with Crippen molar-refractivity contribution < 1.29 is 18.3 Å². The van der Waals surface area contributed by atoms with Gasteiger partial charge < -0.3 is 9.47 Å². The second kappa shape index (κ2) is 3.37. The summed E-state index contributed by atoms with van der Waals surface area (Å²) in [6.07, 6.45) is 0. The van der Waals surface area contributed by atoms with Crippen LogP contribution in [-0.4, -0.2) is 10.6 Å². The summed E-state index contributed by atoms with van der Waals surface area (Å²) in [6.45, 7) is 0. The summed E-state index contributed by atoms with van der Waals surface area (Å²) < 4.78 is 36.4. The summed E-state index contributed by atoms with van der Waals surface area (Å²) in [7, 11) is 0. The minimum absolute atomic E-state index is 0.0235. The van der Waals surface area contributed by atoms with Crippen LogP contribution in [0.5, 0.6) is 11.5 Å². The van der Waals surface area contributed by atoms with Gasteiger partial charge in [0.25, 0.3) is 0 Å². The molecule has 1 aromatic rings. The van der Waals surface area contributed by atoms with Gasteiger partial charge in [0.05, 0.1) is 0 Å². The summed E-state index contributed by atoms with van der Waals surface area (Å²) in [5, 5.41) is -6.52. The Morgan fingerprint density at radius 2 is 1.60 bits per heavy atom. The van der Waals surface area contributed by atoms with Crippen LogP contribution in [0.3, 0.4) is 0 Å². The van der Waals surface area contributed by atoms with E-state index >= 15 is 0 Å². The first-order valence-electron chi connectivity index (χ1n) is 3.75. The van der Waals surface area contributed by atoms with Gasteiger partial charge in [0.2, 0.25) is 0 Å². The monoisotopic (exact) mass is 318 g/mol.